The van der Waals surface area contributed by atoms with Crippen molar-refractivity contribution in [2.75, 3.05) is 6.61 Å². The second-order valence-corrected chi connectivity index (χ2v) is 4.90. The molecule has 4 heteroatoms. The fourth-order valence-electron chi connectivity index (χ4n) is 2.13. The topological polar surface area (TPSA) is 55.8 Å². The van der Waals surface area contributed by atoms with Gasteiger partial charge >= 0.3 is 5.97 Å². The molecule has 0 fully saturated rings. The zero-order valence-electron chi connectivity index (χ0n) is 11.6. The normalized spacial score (nSPS) is 19.6. The molecule has 1 aliphatic rings. The molecule has 0 radical (unpaired) electrons. The lowest BCUT2D eigenvalue weighted by atomic mass is 10.0. The van der Waals surface area contributed by atoms with E-state index in [2.05, 4.69) is 0 Å². The van der Waals surface area contributed by atoms with Gasteiger partial charge in [0.2, 0.25) is 0 Å². The van der Waals surface area contributed by atoms with E-state index in [-0.39, 0.29) is 18.5 Å². The van der Waals surface area contributed by atoms with Gasteiger partial charge in [0.25, 0.3) is 0 Å². The van der Waals surface area contributed by atoms with Crippen LogP contribution < -0.4 is 0 Å². The van der Waals surface area contributed by atoms with Crippen LogP contribution in [0.3, 0.4) is 0 Å². The first-order valence-electron chi connectivity index (χ1n) is 6.94. The average molecular weight is 276 g/mol. The number of rotatable bonds is 7. The highest BCUT2D eigenvalue weighted by atomic mass is 16.6. The molecule has 1 aliphatic heterocycles. The smallest absolute Gasteiger partial charge is 0.318 e. The summed E-state index contributed by atoms with van der Waals surface area (Å²) in [6, 6.07) is 9.73. The molecule has 0 bridgehead atoms. The molecule has 1 heterocycles. The van der Waals surface area contributed by atoms with Gasteiger partial charge in [-0.3, -0.25) is 4.79 Å². The van der Waals surface area contributed by atoms with Gasteiger partial charge in [-0.2, -0.15) is 0 Å². The fourth-order valence-corrected chi connectivity index (χ4v) is 2.13. The summed E-state index contributed by atoms with van der Waals surface area (Å²) in [5, 5.41) is 9.96. The van der Waals surface area contributed by atoms with Crippen molar-refractivity contribution in [2.24, 2.45) is 5.92 Å². The van der Waals surface area contributed by atoms with Crippen molar-refractivity contribution in [3.63, 3.8) is 0 Å². The Morgan fingerprint density at radius 3 is 2.80 bits per heavy atom. The third kappa shape index (κ3) is 3.92. The number of ether oxygens (including phenoxy) is 2. The van der Waals surface area contributed by atoms with E-state index < -0.39 is 6.10 Å². The molecule has 2 rings (SSSR count). The van der Waals surface area contributed by atoms with Gasteiger partial charge in [0.1, 0.15) is 11.9 Å². The second-order valence-electron chi connectivity index (χ2n) is 4.90. The first kappa shape index (κ1) is 14.8. The molecular weight excluding hydrogens is 256 g/mol. The number of hydrogen-bond donors (Lipinski definition) is 1. The Morgan fingerprint density at radius 2 is 2.10 bits per heavy atom. The standard InChI is InChI=1S/C16H20O4/c1-2-6-13-9-15(20-16(13)18)14(17)11-19-10-12-7-4-3-5-8-12/h3-5,7-9,13-14,17H,2,6,10-11H2,1H3/t13-,14-/m1/s1. The molecule has 1 aromatic carbocycles. The summed E-state index contributed by atoms with van der Waals surface area (Å²) in [6.07, 6.45) is 2.48. The van der Waals surface area contributed by atoms with Gasteiger partial charge in [0.05, 0.1) is 19.1 Å². The lowest BCUT2D eigenvalue weighted by Gasteiger charge is -2.11. The summed E-state index contributed by atoms with van der Waals surface area (Å²) in [4.78, 5) is 11.5. The second kappa shape index (κ2) is 7.22. The van der Waals surface area contributed by atoms with Crippen LogP contribution in [0.25, 0.3) is 0 Å². The summed E-state index contributed by atoms with van der Waals surface area (Å²) in [7, 11) is 0. The lowest BCUT2D eigenvalue weighted by molar-refractivity contribution is -0.142. The number of carbonyl (C=O) groups is 1. The van der Waals surface area contributed by atoms with E-state index in [1.165, 1.54) is 0 Å². The van der Waals surface area contributed by atoms with Crippen LogP contribution in [0.1, 0.15) is 25.3 Å². The van der Waals surface area contributed by atoms with Crippen LogP contribution in [-0.2, 0) is 20.9 Å². The number of benzene rings is 1. The lowest BCUT2D eigenvalue weighted by Crippen LogP contribution is -2.19. The van der Waals surface area contributed by atoms with Gasteiger partial charge in [0.15, 0.2) is 0 Å². The molecule has 0 amide bonds. The molecule has 0 aromatic heterocycles. The third-order valence-electron chi connectivity index (χ3n) is 3.20. The molecule has 1 N–H and O–H groups in total. The molecule has 4 nitrogen and oxygen atoms in total. The number of aliphatic hydroxyl groups excluding tert-OH is 1. The predicted octanol–water partition coefficient (Wildman–Crippen LogP) is 2.42. The Labute approximate surface area is 119 Å². The van der Waals surface area contributed by atoms with Crippen LogP contribution in [0.4, 0.5) is 0 Å². The quantitative estimate of drug-likeness (QED) is 0.777. The fraction of sp³-hybridized carbons (Fsp3) is 0.438. The molecule has 0 aliphatic carbocycles. The van der Waals surface area contributed by atoms with Crippen molar-refractivity contribution in [3.8, 4) is 0 Å². The summed E-state index contributed by atoms with van der Waals surface area (Å²) in [6.45, 7) is 2.56. The largest absolute Gasteiger partial charge is 0.428 e. The number of hydrogen-bond acceptors (Lipinski definition) is 4. The van der Waals surface area contributed by atoms with E-state index in [9.17, 15) is 9.90 Å². The molecule has 0 saturated carbocycles. The zero-order chi connectivity index (χ0) is 14.4. The van der Waals surface area contributed by atoms with E-state index in [1.54, 1.807) is 6.08 Å². The van der Waals surface area contributed by atoms with Crippen LogP contribution in [0.15, 0.2) is 42.2 Å². The highest BCUT2D eigenvalue weighted by Gasteiger charge is 2.29. The maximum atomic E-state index is 11.5. The van der Waals surface area contributed by atoms with E-state index in [0.29, 0.717) is 12.4 Å². The summed E-state index contributed by atoms with van der Waals surface area (Å²) >= 11 is 0. The SMILES string of the molecule is CCC[C@@H]1C=C([C@H](O)COCc2ccccc2)OC1=O. The number of esters is 1. The van der Waals surface area contributed by atoms with Crippen molar-refractivity contribution in [3.05, 3.63) is 47.7 Å². The van der Waals surface area contributed by atoms with Crippen molar-refractivity contribution < 1.29 is 19.4 Å². The minimum Gasteiger partial charge on any atom is -0.428 e. The number of cyclic esters (lactones) is 1. The molecule has 108 valence electrons. The molecule has 0 saturated heterocycles. The number of carbonyl (C=O) groups excluding carboxylic acids is 1. The molecule has 0 spiro atoms. The Hall–Kier alpha value is -1.65. The minimum atomic E-state index is -0.885. The van der Waals surface area contributed by atoms with E-state index in [4.69, 9.17) is 9.47 Å². The van der Waals surface area contributed by atoms with Crippen molar-refractivity contribution in [2.45, 2.75) is 32.5 Å². The van der Waals surface area contributed by atoms with Crippen molar-refractivity contribution >= 4 is 5.97 Å². The summed E-state index contributed by atoms with van der Waals surface area (Å²) in [5.41, 5.74) is 1.04. The highest BCUT2D eigenvalue weighted by Crippen LogP contribution is 2.24. The van der Waals surface area contributed by atoms with Crippen molar-refractivity contribution in [1.82, 2.24) is 0 Å². The Balaban J connectivity index is 1.79. The average Bonchev–Trinajstić information content (AvgIpc) is 2.82. The number of aliphatic hydroxyl groups is 1. The third-order valence-corrected chi connectivity index (χ3v) is 3.20. The van der Waals surface area contributed by atoms with Gasteiger partial charge in [0, 0.05) is 0 Å². The molecule has 1 aromatic rings. The van der Waals surface area contributed by atoms with Gasteiger partial charge in [-0.25, -0.2) is 0 Å². The van der Waals surface area contributed by atoms with Crippen LogP contribution in [-0.4, -0.2) is 23.8 Å². The predicted molar refractivity (Wildman–Crippen MR) is 74.7 cm³/mol. The summed E-state index contributed by atoms with van der Waals surface area (Å²) in [5.74, 6) is -0.177. The first-order valence-corrected chi connectivity index (χ1v) is 6.94. The van der Waals surface area contributed by atoms with Crippen LogP contribution >= 0.6 is 0 Å². The molecule has 2 atom stereocenters. The van der Waals surface area contributed by atoms with Crippen LogP contribution in [0.2, 0.25) is 0 Å². The van der Waals surface area contributed by atoms with Crippen molar-refractivity contribution in [1.29, 1.82) is 0 Å². The molecular formula is C16H20O4. The van der Waals surface area contributed by atoms with Gasteiger partial charge in [-0.05, 0) is 18.1 Å². The Kier molecular flexibility index (Phi) is 5.32. The zero-order valence-corrected chi connectivity index (χ0v) is 11.6. The van der Waals surface area contributed by atoms with Gasteiger partial charge < -0.3 is 14.6 Å². The van der Waals surface area contributed by atoms with Crippen LogP contribution in [0.5, 0.6) is 0 Å². The minimum absolute atomic E-state index is 0.118. The van der Waals surface area contributed by atoms with Gasteiger partial charge in [-0.1, -0.05) is 43.7 Å². The van der Waals surface area contributed by atoms with Gasteiger partial charge in [-0.15, -0.1) is 0 Å². The highest BCUT2D eigenvalue weighted by molar-refractivity contribution is 5.78. The Morgan fingerprint density at radius 1 is 1.35 bits per heavy atom. The monoisotopic (exact) mass is 276 g/mol. The molecule has 0 unspecified atom stereocenters. The maximum Gasteiger partial charge on any atom is 0.318 e. The maximum absolute atomic E-state index is 11.5. The molecule has 20 heavy (non-hydrogen) atoms. The van der Waals surface area contributed by atoms with Crippen LogP contribution in [0, 0.1) is 5.92 Å². The van der Waals surface area contributed by atoms with E-state index in [0.717, 1.165) is 18.4 Å². The van der Waals surface area contributed by atoms with E-state index >= 15 is 0 Å². The Bertz CT molecular complexity index is 467. The summed E-state index contributed by atoms with van der Waals surface area (Å²) < 4.78 is 10.5. The first-order chi connectivity index (χ1) is 9.70. The van der Waals surface area contributed by atoms with E-state index in [1.807, 2.05) is 37.3 Å².